The fourth-order valence-electron chi connectivity index (χ4n) is 2.08. The SMILES string of the molecule is Cc1ccccc1CC(Cl)c1ccccc1OC(F)F. The lowest BCUT2D eigenvalue weighted by atomic mass is 10.00. The molecule has 0 N–H and O–H groups in total. The summed E-state index contributed by atoms with van der Waals surface area (Å²) in [5.41, 5.74) is 2.81. The Morgan fingerprint density at radius 2 is 1.70 bits per heavy atom. The van der Waals surface area contributed by atoms with Crippen molar-refractivity contribution < 1.29 is 13.5 Å². The molecule has 0 bridgehead atoms. The van der Waals surface area contributed by atoms with Gasteiger partial charge in [-0.3, -0.25) is 0 Å². The summed E-state index contributed by atoms with van der Waals surface area (Å²) >= 11 is 6.38. The lowest BCUT2D eigenvalue weighted by Gasteiger charge is -2.16. The summed E-state index contributed by atoms with van der Waals surface area (Å²) in [5, 5.41) is -0.411. The first kappa shape index (κ1) is 14.8. The molecular formula is C16H15ClF2O. The van der Waals surface area contributed by atoms with E-state index in [1.807, 2.05) is 31.2 Å². The molecule has 2 aromatic rings. The summed E-state index contributed by atoms with van der Waals surface area (Å²) in [5.74, 6) is 0.135. The maximum atomic E-state index is 12.4. The van der Waals surface area contributed by atoms with Gasteiger partial charge in [-0.05, 0) is 30.5 Å². The predicted molar refractivity (Wildman–Crippen MR) is 76.6 cm³/mol. The van der Waals surface area contributed by atoms with E-state index >= 15 is 0 Å². The minimum Gasteiger partial charge on any atom is -0.434 e. The molecule has 0 radical (unpaired) electrons. The lowest BCUT2D eigenvalue weighted by Crippen LogP contribution is -2.06. The highest BCUT2D eigenvalue weighted by atomic mass is 35.5. The van der Waals surface area contributed by atoms with Crippen LogP contribution in [-0.4, -0.2) is 6.61 Å². The van der Waals surface area contributed by atoms with Crippen LogP contribution in [0.2, 0.25) is 0 Å². The molecule has 0 heterocycles. The molecule has 106 valence electrons. The topological polar surface area (TPSA) is 9.23 Å². The van der Waals surface area contributed by atoms with E-state index < -0.39 is 12.0 Å². The molecule has 0 aliphatic rings. The van der Waals surface area contributed by atoms with Gasteiger partial charge < -0.3 is 4.74 Å². The van der Waals surface area contributed by atoms with Crippen LogP contribution in [0, 0.1) is 6.92 Å². The zero-order valence-corrected chi connectivity index (χ0v) is 11.8. The first-order chi connectivity index (χ1) is 9.58. The molecule has 2 rings (SSSR count). The van der Waals surface area contributed by atoms with Crippen LogP contribution in [0.25, 0.3) is 0 Å². The van der Waals surface area contributed by atoms with E-state index in [1.54, 1.807) is 18.2 Å². The van der Waals surface area contributed by atoms with E-state index in [0.29, 0.717) is 12.0 Å². The van der Waals surface area contributed by atoms with Crippen molar-refractivity contribution in [2.75, 3.05) is 0 Å². The van der Waals surface area contributed by atoms with Gasteiger partial charge in [-0.25, -0.2) is 0 Å². The molecule has 2 aromatic carbocycles. The van der Waals surface area contributed by atoms with Crippen LogP contribution < -0.4 is 4.74 Å². The summed E-state index contributed by atoms with van der Waals surface area (Å²) in [6.07, 6.45) is 0.567. The van der Waals surface area contributed by atoms with Gasteiger partial charge in [0.2, 0.25) is 0 Å². The maximum Gasteiger partial charge on any atom is 0.387 e. The Morgan fingerprint density at radius 3 is 2.40 bits per heavy atom. The summed E-state index contributed by atoms with van der Waals surface area (Å²) in [7, 11) is 0. The van der Waals surface area contributed by atoms with E-state index in [2.05, 4.69) is 4.74 Å². The fraction of sp³-hybridized carbons (Fsp3) is 0.250. The van der Waals surface area contributed by atoms with Gasteiger partial charge in [0.15, 0.2) is 0 Å². The van der Waals surface area contributed by atoms with Crippen LogP contribution >= 0.6 is 11.6 Å². The first-order valence-electron chi connectivity index (χ1n) is 6.30. The van der Waals surface area contributed by atoms with Crippen LogP contribution in [0.3, 0.4) is 0 Å². The highest BCUT2D eigenvalue weighted by Crippen LogP contribution is 2.33. The van der Waals surface area contributed by atoms with E-state index in [9.17, 15) is 8.78 Å². The van der Waals surface area contributed by atoms with Crippen molar-refractivity contribution in [3.63, 3.8) is 0 Å². The Bertz CT molecular complexity index is 572. The third-order valence-corrected chi connectivity index (χ3v) is 3.52. The van der Waals surface area contributed by atoms with Gasteiger partial charge in [-0.1, -0.05) is 42.5 Å². The van der Waals surface area contributed by atoms with Crippen molar-refractivity contribution in [2.24, 2.45) is 0 Å². The van der Waals surface area contributed by atoms with Gasteiger partial charge in [0.25, 0.3) is 0 Å². The van der Waals surface area contributed by atoms with Gasteiger partial charge in [0.05, 0.1) is 5.38 Å². The van der Waals surface area contributed by atoms with Crippen molar-refractivity contribution >= 4 is 11.6 Å². The molecule has 20 heavy (non-hydrogen) atoms. The van der Waals surface area contributed by atoms with E-state index in [0.717, 1.165) is 11.1 Å². The van der Waals surface area contributed by atoms with Crippen LogP contribution in [-0.2, 0) is 6.42 Å². The van der Waals surface area contributed by atoms with Crippen molar-refractivity contribution in [3.8, 4) is 5.75 Å². The largest absolute Gasteiger partial charge is 0.434 e. The second-order valence-electron chi connectivity index (χ2n) is 4.51. The van der Waals surface area contributed by atoms with Gasteiger partial charge >= 0.3 is 6.61 Å². The number of ether oxygens (including phenoxy) is 1. The predicted octanol–water partition coefficient (Wildman–Crippen LogP) is 5.12. The molecule has 0 aliphatic heterocycles. The second-order valence-corrected chi connectivity index (χ2v) is 5.04. The summed E-state index contributed by atoms with van der Waals surface area (Å²) < 4.78 is 29.3. The molecule has 0 saturated heterocycles. The Morgan fingerprint density at radius 1 is 1.05 bits per heavy atom. The number of aryl methyl sites for hydroxylation is 1. The van der Waals surface area contributed by atoms with Gasteiger partial charge in [0, 0.05) is 5.56 Å². The number of para-hydroxylation sites is 1. The summed E-state index contributed by atoms with van der Waals surface area (Å²) in [6, 6.07) is 14.5. The normalized spacial score (nSPS) is 12.4. The Balaban J connectivity index is 2.21. The minimum absolute atomic E-state index is 0.135. The molecule has 0 aromatic heterocycles. The Labute approximate surface area is 122 Å². The maximum absolute atomic E-state index is 12.4. The van der Waals surface area contributed by atoms with Crippen molar-refractivity contribution in [1.29, 1.82) is 0 Å². The smallest absolute Gasteiger partial charge is 0.387 e. The van der Waals surface area contributed by atoms with Crippen molar-refractivity contribution in [3.05, 3.63) is 65.2 Å². The van der Waals surface area contributed by atoms with Crippen molar-refractivity contribution in [1.82, 2.24) is 0 Å². The van der Waals surface area contributed by atoms with Crippen LogP contribution in [0.4, 0.5) is 8.78 Å². The molecule has 0 amide bonds. The molecule has 1 atom stereocenters. The molecular weight excluding hydrogens is 282 g/mol. The van der Waals surface area contributed by atoms with Crippen LogP contribution in [0.15, 0.2) is 48.5 Å². The third kappa shape index (κ3) is 3.70. The van der Waals surface area contributed by atoms with E-state index in [1.165, 1.54) is 6.07 Å². The van der Waals surface area contributed by atoms with Crippen LogP contribution in [0.5, 0.6) is 5.75 Å². The van der Waals surface area contributed by atoms with E-state index in [4.69, 9.17) is 11.6 Å². The number of benzene rings is 2. The molecule has 0 spiro atoms. The molecule has 4 heteroatoms. The second kappa shape index (κ2) is 6.71. The number of rotatable bonds is 5. The zero-order chi connectivity index (χ0) is 14.5. The number of hydrogen-bond donors (Lipinski definition) is 0. The molecule has 0 aliphatic carbocycles. The fourth-order valence-corrected chi connectivity index (χ4v) is 2.43. The zero-order valence-electron chi connectivity index (χ0n) is 11.0. The Kier molecular flexibility index (Phi) is 4.96. The number of alkyl halides is 3. The molecule has 0 fully saturated rings. The van der Waals surface area contributed by atoms with Crippen molar-refractivity contribution in [2.45, 2.75) is 25.3 Å². The Hall–Kier alpha value is -1.61. The summed E-state index contributed by atoms with van der Waals surface area (Å²) in [6.45, 7) is -0.848. The van der Waals surface area contributed by atoms with Crippen LogP contribution in [0.1, 0.15) is 22.1 Å². The summed E-state index contributed by atoms with van der Waals surface area (Å²) in [4.78, 5) is 0. The minimum atomic E-state index is -2.85. The standard InChI is InChI=1S/C16H15ClF2O/c1-11-6-2-3-7-12(11)10-14(17)13-8-4-5-9-15(13)20-16(18)19/h2-9,14,16H,10H2,1H3. The van der Waals surface area contributed by atoms with Gasteiger partial charge in [-0.2, -0.15) is 8.78 Å². The van der Waals surface area contributed by atoms with Gasteiger partial charge in [-0.15, -0.1) is 11.6 Å². The third-order valence-electron chi connectivity index (χ3n) is 3.13. The quantitative estimate of drug-likeness (QED) is 0.696. The highest BCUT2D eigenvalue weighted by molar-refractivity contribution is 6.21. The molecule has 0 saturated carbocycles. The number of hydrogen-bond acceptors (Lipinski definition) is 1. The van der Waals surface area contributed by atoms with E-state index in [-0.39, 0.29) is 5.75 Å². The monoisotopic (exact) mass is 296 g/mol. The highest BCUT2D eigenvalue weighted by Gasteiger charge is 2.17. The first-order valence-corrected chi connectivity index (χ1v) is 6.74. The molecule has 1 unspecified atom stereocenters. The molecule has 1 nitrogen and oxygen atoms in total. The average Bonchev–Trinajstić information content (AvgIpc) is 2.41. The number of halogens is 3. The lowest BCUT2D eigenvalue weighted by molar-refractivity contribution is -0.0504. The average molecular weight is 297 g/mol. The van der Waals surface area contributed by atoms with Gasteiger partial charge in [0.1, 0.15) is 5.75 Å².